The van der Waals surface area contributed by atoms with Gasteiger partial charge in [-0.1, -0.05) is 3.93 Å². The van der Waals surface area contributed by atoms with Crippen molar-refractivity contribution in [3.8, 4) is 0 Å². The first-order valence-corrected chi connectivity index (χ1v) is 6.53. The van der Waals surface area contributed by atoms with Gasteiger partial charge in [-0.3, -0.25) is 4.90 Å². The van der Waals surface area contributed by atoms with Gasteiger partial charge in [0.25, 0.3) is 5.96 Å². The van der Waals surface area contributed by atoms with Crippen molar-refractivity contribution < 1.29 is 5.03 Å². The highest BCUT2D eigenvalue weighted by Crippen LogP contribution is 2.27. The van der Waals surface area contributed by atoms with Gasteiger partial charge in [-0.15, -0.1) is 0 Å². The number of hydrazine groups is 1. The molecule has 1 N–H and O–H groups in total. The van der Waals surface area contributed by atoms with Crippen LogP contribution in [0.4, 0.5) is 0 Å². The number of nitro groups is 1. The van der Waals surface area contributed by atoms with Crippen LogP contribution in [0, 0.1) is 10.1 Å². The monoisotopic (exact) mass is 307 g/mol. The summed E-state index contributed by atoms with van der Waals surface area (Å²) in [5, 5.41) is 13.4. The second kappa shape index (κ2) is 5.82. The van der Waals surface area contributed by atoms with Gasteiger partial charge in [0.2, 0.25) is 0 Å². The van der Waals surface area contributed by atoms with Crippen molar-refractivity contribution in [1.29, 1.82) is 0 Å². The summed E-state index contributed by atoms with van der Waals surface area (Å²) < 4.78 is 1.34. The summed E-state index contributed by atoms with van der Waals surface area (Å²) in [7, 11) is 3.71. The maximum absolute atomic E-state index is 10.6. The number of rotatable bonds is 3. The van der Waals surface area contributed by atoms with E-state index in [9.17, 15) is 10.1 Å². The molecule has 0 aliphatic carbocycles. The van der Waals surface area contributed by atoms with Gasteiger partial charge in [0.1, 0.15) is 5.10 Å². The van der Waals surface area contributed by atoms with E-state index in [2.05, 4.69) is 10.5 Å². The minimum Gasteiger partial charge on any atom is -0.328 e. The van der Waals surface area contributed by atoms with E-state index in [-0.39, 0.29) is 0 Å². The van der Waals surface area contributed by atoms with Crippen LogP contribution in [-0.4, -0.2) is 63.6 Å². The number of nitrogens with one attached hydrogen (secondary N) is 1. The first kappa shape index (κ1) is 14.2. The van der Waals surface area contributed by atoms with Crippen LogP contribution in [0.5, 0.6) is 0 Å². The van der Waals surface area contributed by atoms with Crippen LogP contribution in [-0.2, 0) is 0 Å². The maximum Gasteiger partial charge on any atom is 0.276 e. The van der Waals surface area contributed by atoms with Gasteiger partial charge in [-0.25, -0.2) is 10.1 Å². The molecule has 2 aliphatic heterocycles. The lowest BCUT2D eigenvalue weighted by Crippen LogP contribution is -2.56. The van der Waals surface area contributed by atoms with Gasteiger partial charge >= 0.3 is 0 Å². The van der Waals surface area contributed by atoms with E-state index >= 15 is 0 Å². The molecule has 0 unspecified atom stereocenters. The molecule has 11 heteroatoms. The number of hydrazone groups is 1. The topological polar surface area (TPSA) is 80.5 Å². The number of guanidine groups is 1. The molecular formula is C8H14ClN7O2S. The normalized spacial score (nSPS) is 23.7. The highest BCUT2D eigenvalue weighted by atomic mass is 35.5. The van der Waals surface area contributed by atoms with Crippen molar-refractivity contribution >= 4 is 29.7 Å². The van der Waals surface area contributed by atoms with Crippen molar-refractivity contribution in [2.75, 3.05) is 34.0 Å². The molecule has 2 heterocycles. The smallest absolute Gasteiger partial charge is 0.276 e. The third-order valence-corrected chi connectivity index (χ3v) is 3.58. The molecule has 0 amide bonds. The Morgan fingerprint density at radius 2 is 2.32 bits per heavy atom. The summed E-state index contributed by atoms with van der Waals surface area (Å²) in [6.07, 6.45) is 1.76. The molecule has 9 nitrogen and oxygen atoms in total. The van der Waals surface area contributed by atoms with Crippen molar-refractivity contribution in [2.24, 2.45) is 5.10 Å². The molecule has 0 aromatic carbocycles. The molecule has 0 atom stereocenters. The first-order chi connectivity index (χ1) is 8.95. The van der Waals surface area contributed by atoms with Gasteiger partial charge < -0.3 is 15.2 Å². The van der Waals surface area contributed by atoms with Gasteiger partial charge in [-0.2, -0.15) is 0 Å². The molecule has 1 fully saturated rings. The van der Waals surface area contributed by atoms with Gasteiger partial charge in [0.15, 0.2) is 5.03 Å². The summed E-state index contributed by atoms with van der Waals surface area (Å²) in [5.74, 6) is 0.345. The van der Waals surface area contributed by atoms with Gasteiger partial charge in [-0.05, 0) is 19.0 Å². The molecule has 0 aromatic heterocycles. The second-order valence-electron chi connectivity index (χ2n) is 4.25. The Balaban J connectivity index is 2.11. The highest BCUT2D eigenvalue weighted by Gasteiger charge is 2.29. The predicted octanol–water partition coefficient (Wildman–Crippen LogP) is 0.0919. The van der Waals surface area contributed by atoms with Crippen LogP contribution in [0.15, 0.2) is 16.2 Å². The Morgan fingerprint density at radius 3 is 2.89 bits per heavy atom. The van der Waals surface area contributed by atoms with Crippen molar-refractivity contribution in [3.63, 3.8) is 0 Å². The molecule has 0 spiro atoms. The molecule has 0 aromatic rings. The summed E-state index contributed by atoms with van der Waals surface area (Å²) >= 11 is 7.09. The molecule has 0 radical (unpaired) electrons. The highest BCUT2D eigenvalue weighted by molar-refractivity contribution is 8.01. The standard InChI is InChI=1S/C8H14ClN7O2S/c1-12-5-13(2)8(11-16(17)18)14(6-12)4-7-3-10-15(9)19-7/h3,10H,4-6H2,1-2H3. The lowest BCUT2D eigenvalue weighted by molar-refractivity contribution is -0.486. The van der Waals surface area contributed by atoms with E-state index in [1.54, 1.807) is 18.1 Å². The van der Waals surface area contributed by atoms with Gasteiger partial charge in [0.05, 0.1) is 19.9 Å². The molecule has 0 saturated carbocycles. The molecule has 106 valence electrons. The third-order valence-electron chi connectivity index (χ3n) is 2.53. The summed E-state index contributed by atoms with van der Waals surface area (Å²) in [6.45, 7) is 1.66. The Labute approximate surface area is 119 Å². The molecular weight excluding hydrogens is 294 g/mol. The minimum atomic E-state index is -0.674. The van der Waals surface area contributed by atoms with Crippen LogP contribution < -0.4 is 5.43 Å². The zero-order valence-electron chi connectivity index (χ0n) is 10.5. The summed E-state index contributed by atoms with van der Waals surface area (Å²) in [4.78, 5) is 17.2. The Morgan fingerprint density at radius 1 is 1.58 bits per heavy atom. The lowest BCUT2D eigenvalue weighted by Gasteiger charge is -2.40. The van der Waals surface area contributed by atoms with E-state index in [0.717, 1.165) is 4.91 Å². The van der Waals surface area contributed by atoms with Crippen LogP contribution in [0.25, 0.3) is 0 Å². The maximum atomic E-state index is 10.6. The summed E-state index contributed by atoms with van der Waals surface area (Å²) in [5.41, 5.74) is 2.81. The summed E-state index contributed by atoms with van der Waals surface area (Å²) in [6, 6.07) is 0. The predicted molar refractivity (Wildman–Crippen MR) is 72.9 cm³/mol. The first-order valence-electron chi connectivity index (χ1n) is 5.42. The van der Waals surface area contributed by atoms with Crippen LogP contribution >= 0.6 is 23.7 Å². The number of hydrogen-bond acceptors (Lipinski definition) is 6. The van der Waals surface area contributed by atoms with Crippen LogP contribution in [0.3, 0.4) is 0 Å². The van der Waals surface area contributed by atoms with E-state index in [1.165, 1.54) is 15.9 Å². The zero-order chi connectivity index (χ0) is 14.0. The number of hydrogen-bond donors (Lipinski definition) is 1. The largest absolute Gasteiger partial charge is 0.328 e. The fourth-order valence-electron chi connectivity index (χ4n) is 1.94. The van der Waals surface area contributed by atoms with E-state index in [0.29, 0.717) is 25.8 Å². The molecule has 19 heavy (non-hydrogen) atoms. The van der Waals surface area contributed by atoms with Crippen LogP contribution in [0.1, 0.15) is 0 Å². The van der Waals surface area contributed by atoms with Crippen molar-refractivity contribution in [1.82, 2.24) is 24.1 Å². The number of halogens is 1. The fraction of sp³-hybridized carbons (Fsp3) is 0.625. The molecule has 1 saturated heterocycles. The zero-order valence-corrected chi connectivity index (χ0v) is 12.1. The average molecular weight is 308 g/mol. The minimum absolute atomic E-state index is 0.345. The Hall–Kier alpha value is -1.23. The SMILES string of the molecule is CN1CN(C)C(=N[N+](=O)[O-])N(CC2=CNN(Cl)S2)C1. The van der Waals surface area contributed by atoms with Gasteiger partial charge in [0, 0.05) is 29.9 Å². The quantitative estimate of drug-likeness (QED) is 0.340. The molecule has 2 rings (SSSR count). The lowest BCUT2D eigenvalue weighted by atomic mass is 10.4. The van der Waals surface area contributed by atoms with Crippen molar-refractivity contribution in [2.45, 2.75) is 0 Å². The van der Waals surface area contributed by atoms with E-state index in [4.69, 9.17) is 11.8 Å². The van der Waals surface area contributed by atoms with Crippen LogP contribution in [0.2, 0.25) is 0 Å². The average Bonchev–Trinajstić information content (AvgIpc) is 2.69. The second-order valence-corrected chi connectivity index (χ2v) is 5.86. The molecule has 2 aliphatic rings. The fourth-order valence-corrected chi connectivity index (χ4v) is 2.89. The number of nitrogens with zero attached hydrogens (tertiary/aromatic N) is 6. The Kier molecular flexibility index (Phi) is 4.34. The Bertz CT molecular complexity index is 431. The van der Waals surface area contributed by atoms with E-state index in [1.807, 2.05) is 16.8 Å². The third kappa shape index (κ3) is 3.62. The molecule has 0 bridgehead atoms. The van der Waals surface area contributed by atoms with Crippen molar-refractivity contribution in [3.05, 3.63) is 21.2 Å². The van der Waals surface area contributed by atoms with E-state index < -0.39 is 5.03 Å².